The van der Waals surface area contributed by atoms with Gasteiger partial charge in [0, 0.05) is 35.7 Å². The number of hydrogen-bond acceptors (Lipinski definition) is 4. The summed E-state index contributed by atoms with van der Waals surface area (Å²) in [5.74, 6) is -0.319. The lowest BCUT2D eigenvalue weighted by atomic mass is 10.1. The maximum absolute atomic E-state index is 12.3. The molecule has 0 aliphatic carbocycles. The van der Waals surface area contributed by atoms with Crippen LogP contribution in [0.25, 0.3) is 11.3 Å². The fraction of sp³-hybridized carbons (Fsp3) is 0.190. The van der Waals surface area contributed by atoms with E-state index in [1.54, 1.807) is 35.6 Å². The van der Waals surface area contributed by atoms with E-state index < -0.39 is 0 Å². The summed E-state index contributed by atoms with van der Waals surface area (Å²) in [6.45, 7) is 3.98. The molecule has 0 unspecified atom stereocenters. The number of carbonyl (C=O) groups is 2. The number of nitrogens with zero attached hydrogens (tertiary/aromatic N) is 1. The average molecular weight is 379 g/mol. The minimum absolute atomic E-state index is 0.156. The van der Waals surface area contributed by atoms with Gasteiger partial charge in [-0.1, -0.05) is 30.3 Å². The SMILES string of the molecule is CC(=O)Nc1cccc(C(=O)NCCc2ccc(-c3csc(C)n3)cc2)c1. The maximum atomic E-state index is 12.3. The van der Waals surface area contributed by atoms with E-state index in [0.29, 0.717) is 17.8 Å². The van der Waals surface area contributed by atoms with Gasteiger partial charge in [-0.2, -0.15) is 0 Å². The highest BCUT2D eigenvalue weighted by Crippen LogP contribution is 2.21. The van der Waals surface area contributed by atoms with Crippen LogP contribution in [-0.4, -0.2) is 23.3 Å². The molecule has 5 nitrogen and oxygen atoms in total. The number of hydrogen-bond donors (Lipinski definition) is 2. The topological polar surface area (TPSA) is 71.1 Å². The average Bonchev–Trinajstić information content (AvgIpc) is 3.08. The fourth-order valence-corrected chi connectivity index (χ4v) is 3.32. The number of carbonyl (C=O) groups excluding carboxylic acids is 2. The van der Waals surface area contributed by atoms with E-state index in [2.05, 4.69) is 45.3 Å². The van der Waals surface area contributed by atoms with E-state index in [1.807, 2.05) is 6.92 Å². The third kappa shape index (κ3) is 5.24. The molecule has 2 amide bonds. The summed E-state index contributed by atoms with van der Waals surface area (Å²) in [5, 5.41) is 8.70. The summed E-state index contributed by atoms with van der Waals surface area (Å²) < 4.78 is 0. The van der Waals surface area contributed by atoms with Gasteiger partial charge in [0.15, 0.2) is 0 Å². The number of nitrogens with one attached hydrogen (secondary N) is 2. The highest BCUT2D eigenvalue weighted by molar-refractivity contribution is 7.09. The van der Waals surface area contributed by atoms with Crippen molar-refractivity contribution in [2.24, 2.45) is 0 Å². The standard InChI is InChI=1S/C21H21N3O2S/c1-14(25)23-19-5-3-4-18(12-19)21(26)22-11-10-16-6-8-17(9-7-16)20-13-27-15(2)24-20/h3-9,12-13H,10-11H2,1-2H3,(H,22,26)(H,23,25). The summed E-state index contributed by atoms with van der Waals surface area (Å²) in [6.07, 6.45) is 0.744. The minimum Gasteiger partial charge on any atom is -0.352 e. The molecule has 0 spiro atoms. The second-order valence-electron chi connectivity index (χ2n) is 6.22. The van der Waals surface area contributed by atoms with Gasteiger partial charge in [0.25, 0.3) is 5.91 Å². The summed E-state index contributed by atoms with van der Waals surface area (Å²) in [5.41, 5.74) is 4.38. The van der Waals surface area contributed by atoms with Crippen LogP contribution in [0, 0.1) is 6.92 Å². The lowest BCUT2D eigenvalue weighted by Gasteiger charge is -2.08. The van der Waals surface area contributed by atoms with Crippen LogP contribution in [0.2, 0.25) is 0 Å². The van der Waals surface area contributed by atoms with Gasteiger partial charge in [-0.25, -0.2) is 4.98 Å². The van der Waals surface area contributed by atoms with Crippen molar-refractivity contribution in [3.05, 3.63) is 70.0 Å². The van der Waals surface area contributed by atoms with Crippen LogP contribution in [0.4, 0.5) is 5.69 Å². The van der Waals surface area contributed by atoms with E-state index in [4.69, 9.17) is 0 Å². The molecule has 3 rings (SSSR count). The highest BCUT2D eigenvalue weighted by Gasteiger charge is 2.07. The largest absolute Gasteiger partial charge is 0.352 e. The molecule has 6 heteroatoms. The molecule has 2 N–H and O–H groups in total. The monoisotopic (exact) mass is 379 g/mol. The Bertz CT molecular complexity index is 948. The molecule has 27 heavy (non-hydrogen) atoms. The zero-order chi connectivity index (χ0) is 19.2. The molecular formula is C21H21N3O2S. The van der Waals surface area contributed by atoms with E-state index in [1.165, 1.54) is 6.92 Å². The zero-order valence-corrected chi connectivity index (χ0v) is 16.1. The molecule has 0 saturated carbocycles. The number of amides is 2. The highest BCUT2D eigenvalue weighted by atomic mass is 32.1. The normalized spacial score (nSPS) is 10.4. The van der Waals surface area contributed by atoms with Crippen molar-refractivity contribution in [3.63, 3.8) is 0 Å². The van der Waals surface area contributed by atoms with E-state index in [0.717, 1.165) is 28.2 Å². The second kappa shape index (κ2) is 8.60. The maximum Gasteiger partial charge on any atom is 0.251 e. The van der Waals surface area contributed by atoms with Gasteiger partial charge in [-0.15, -0.1) is 11.3 Å². The fourth-order valence-electron chi connectivity index (χ4n) is 2.70. The first-order chi connectivity index (χ1) is 13.0. The molecule has 2 aromatic carbocycles. The van der Waals surface area contributed by atoms with Gasteiger partial charge >= 0.3 is 0 Å². The molecule has 1 aromatic heterocycles. The Morgan fingerprint density at radius 1 is 1.11 bits per heavy atom. The van der Waals surface area contributed by atoms with Crippen molar-refractivity contribution in [2.45, 2.75) is 20.3 Å². The molecule has 0 atom stereocenters. The smallest absolute Gasteiger partial charge is 0.251 e. The Labute approximate surface area is 162 Å². The zero-order valence-electron chi connectivity index (χ0n) is 15.3. The number of aryl methyl sites for hydroxylation is 1. The van der Waals surface area contributed by atoms with Gasteiger partial charge in [0.2, 0.25) is 5.91 Å². The van der Waals surface area contributed by atoms with Gasteiger partial charge < -0.3 is 10.6 Å². The first-order valence-electron chi connectivity index (χ1n) is 8.68. The quantitative estimate of drug-likeness (QED) is 0.679. The summed E-state index contributed by atoms with van der Waals surface area (Å²) in [6, 6.07) is 15.1. The van der Waals surface area contributed by atoms with Gasteiger partial charge in [0.05, 0.1) is 10.7 Å². The molecular weight excluding hydrogens is 358 g/mol. The number of benzene rings is 2. The van der Waals surface area contributed by atoms with Crippen molar-refractivity contribution in [2.75, 3.05) is 11.9 Å². The molecule has 3 aromatic rings. The number of anilines is 1. The van der Waals surface area contributed by atoms with Crippen LogP contribution in [0.5, 0.6) is 0 Å². The Morgan fingerprint density at radius 2 is 1.89 bits per heavy atom. The minimum atomic E-state index is -0.163. The van der Waals surface area contributed by atoms with Crippen molar-refractivity contribution < 1.29 is 9.59 Å². The van der Waals surface area contributed by atoms with Crippen LogP contribution in [-0.2, 0) is 11.2 Å². The third-order valence-electron chi connectivity index (χ3n) is 4.01. The van der Waals surface area contributed by atoms with Crippen LogP contribution in [0.1, 0.15) is 27.9 Å². The van der Waals surface area contributed by atoms with Gasteiger partial charge in [-0.05, 0) is 37.1 Å². The molecule has 1 heterocycles. The third-order valence-corrected chi connectivity index (χ3v) is 4.79. The lowest BCUT2D eigenvalue weighted by molar-refractivity contribution is -0.114. The summed E-state index contributed by atoms with van der Waals surface area (Å²) >= 11 is 1.64. The van der Waals surface area contributed by atoms with Crippen LogP contribution in [0.15, 0.2) is 53.9 Å². The molecule has 0 saturated heterocycles. The first-order valence-corrected chi connectivity index (χ1v) is 9.56. The predicted octanol–water partition coefficient (Wildman–Crippen LogP) is 4.05. The Hall–Kier alpha value is -2.99. The molecule has 0 aliphatic rings. The van der Waals surface area contributed by atoms with E-state index in [9.17, 15) is 9.59 Å². The molecule has 138 valence electrons. The van der Waals surface area contributed by atoms with Gasteiger partial charge in [-0.3, -0.25) is 9.59 Å². The van der Waals surface area contributed by atoms with Crippen molar-refractivity contribution in [3.8, 4) is 11.3 Å². The van der Waals surface area contributed by atoms with Crippen molar-refractivity contribution in [1.82, 2.24) is 10.3 Å². The molecule has 0 aliphatic heterocycles. The van der Waals surface area contributed by atoms with E-state index in [-0.39, 0.29) is 11.8 Å². The summed E-state index contributed by atoms with van der Waals surface area (Å²) in [4.78, 5) is 27.9. The number of rotatable bonds is 6. The summed E-state index contributed by atoms with van der Waals surface area (Å²) in [7, 11) is 0. The Morgan fingerprint density at radius 3 is 2.56 bits per heavy atom. The Kier molecular flexibility index (Phi) is 5.98. The van der Waals surface area contributed by atoms with Crippen LogP contribution in [0.3, 0.4) is 0 Å². The van der Waals surface area contributed by atoms with E-state index >= 15 is 0 Å². The van der Waals surface area contributed by atoms with Gasteiger partial charge in [0.1, 0.15) is 0 Å². The first kappa shape index (κ1) is 18.8. The second-order valence-corrected chi connectivity index (χ2v) is 7.28. The van der Waals surface area contributed by atoms with Crippen LogP contribution < -0.4 is 10.6 Å². The Balaban J connectivity index is 1.53. The number of thiazole rings is 1. The molecule has 0 bridgehead atoms. The van der Waals surface area contributed by atoms with Crippen LogP contribution >= 0.6 is 11.3 Å². The molecule has 0 radical (unpaired) electrons. The number of aromatic nitrogens is 1. The molecule has 0 fully saturated rings. The van der Waals surface area contributed by atoms with Crippen molar-refractivity contribution in [1.29, 1.82) is 0 Å². The lowest BCUT2D eigenvalue weighted by Crippen LogP contribution is -2.25. The van der Waals surface area contributed by atoms with Crippen molar-refractivity contribution >= 4 is 28.8 Å². The predicted molar refractivity (Wildman–Crippen MR) is 109 cm³/mol.